The molecule has 0 spiro atoms. The van der Waals surface area contributed by atoms with Gasteiger partial charge in [-0.15, -0.1) is 0 Å². The quantitative estimate of drug-likeness (QED) is 0.833. The van der Waals surface area contributed by atoms with Gasteiger partial charge in [-0.25, -0.2) is 0 Å². The number of hydrogen-bond acceptors (Lipinski definition) is 3. The summed E-state index contributed by atoms with van der Waals surface area (Å²) in [6.07, 6.45) is 0.544. The predicted octanol–water partition coefficient (Wildman–Crippen LogP) is 3.25. The number of ether oxygens (including phenoxy) is 1. The first-order valence-corrected chi connectivity index (χ1v) is 6.00. The van der Waals surface area contributed by atoms with E-state index in [2.05, 4.69) is 0 Å². The van der Waals surface area contributed by atoms with Gasteiger partial charge in [-0.1, -0.05) is 29.8 Å². The van der Waals surface area contributed by atoms with Gasteiger partial charge < -0.3 is 15.6 Å². The van der Waals surface area contributed by atoms with Gasteiger partial charge in [-0.2, -0.15) is 0 Å². The lowest BCUT2D eigenvalue weighted by atomic mass is 10.1. The van der Waals surface area contributed by atoms with Gasteiger partial charge >= 0.3 is 0 Å². The van der Waals surface area contributed by atoms with Crippen LogP contribution in [0.5, 0.6) is 11.5 Å². The first-order valence-electron chi connectivity index (χ1n) is 5.62. The van der Waals surface area contributed by atoms with Crippen molar-refractivity contribution in [1.29, 1.82) is 0 Å². The first-order chi connectivity index (χ1) is 8.70. The molecule has 3 nitrogen and oxygen atoms in total. The van der Waals surface area contributed by atoms with Gasteiger partial charge in [0.15, 0.2) is 0 Å². The summed E-state index contributed by atoms with van der Waals surface area (Å²) in [6, 6.07) is 12.6. The Bertz CT molecular complexity index is 543. The van der Waals surface area contributed by atoms with E-state index < -0.39 is 0 Å². The summed E-state index contributed by atoms with van der Waals surface area (Å²) in [5, 5.41) is 9.47. The number of hydrogen-bond donors (Lipinski definition) is 2. The van der Waals surface area contributed by atoms with Crippen LogP contribution in [0.2, 0.25) is 5.02 Å². The van der Waals surface area contributed by atoms with E-state index in [1.54, 1.807) is 18.2 Å². The molecule has 0 bridgehead atoms. The molecule has 0 aromatic heterocycles. The summed E-state index contributed by atoms with van der Waals surface area (Å²) < 4.78 is 5.75. The van der Waals surface area contributed by atoms with Crippen LogP contribution in [-0.4, -0.2) is 11.7 Å². The molecular weight excluding hydrogens is 250 g/mol. The number of nitrogen functional groups attached to an aromatic ring is 1. The maximum atomic E-state index is 9.00. The van der Waals surface area contributed by atoms with E-state index in [0.717, 1.165) is 5.56 Å². The van der Waals surface area contributed by atoms with Crippen molar-refractivity contribution in [1.82, 2.24) is 0 Å². The normalized spacial score (nSPS) is 10.3. The van der Waals surface area contributed by atoms with Crippen LogP contribution in [-0.2, 0) is 6.42 Å². The number of nitrogens with two attached hydrogens (primary N) is 1. The van der Waals surface area contributed by atoms with E-state index in [0.29, 0.717) is 28.6 Å². The molecule has 2 aromatic carbocycles. The van der Waals surface area contributed by atoms with Crippen LogP contribution in [0.3, 0.4) is 0 Å². The Kier molecular flexibility index (Phi) is 4.07. The monoisotopic (exact) mass is 263 g/mol. The number of aliphatic hydroxyl groups excluding tert-OH is 1. The molecule has 0 saturated carbocycles. The zero-order valence-corrected chi connectivity index (χ0v) is 10.5. The highest BCUT2D eigenvalue weighted by Crippen LogP contribution is 2.32. The van der Waals surface area contributed by atoms with E-state index in [4.69, 9.17) is 27.2 Å². The second-order valence-corrected chi connectivity index (χ2v) is 4.28. The summed E-state index contributed by atoms with van der Waals surface area (Å²) in [5.41, 5.74) is 7.16. The number of para-hydroxylation sites is 1. The molecule has 18 heavy (non-hydrogen) atoms. The average molecular weight is 264 g/mol. The molecule has 0 aliphatic carbocycles. The molecule has 4 heteroatoms. The Labute approximate surface area is 111 Å². The topological polar surface area (TPSA) is 55.5 Å². The smallest absolute Gasteiger partial charge is 0.146 e. The minimum atomic E-state index is 0.0792. The lowest BCUT2D eigenvalue weighted by molar-refractivity contribution is 0.298. The van der Waals surface area contributed by atoms with Crippen LogP contribution in [0.15, 0.2) is 42.5 Å². The highest BCUT2D eigenvalue weighted by molar-refractivity contribution is 6.32. The molecule has 0 heterocycles. The molecule has 0 aliphatic rings. The van der Waals surface area contributed by atoms with Gasteiger partial charge in [0.2, 0.25) is 0 Å². The molecule has 0 radical (unpaired) electrons. The SMILES string of the molecule is Nc1ccc(Oc2ccccc2CCO)c(Cl)c1. The van der Waals surface area contributed by atoms with Crippen molar-refractivity contribution in [3.63, 3.8) is 0 Å². The molecule has 0 saturated heterocycles. The van der Waals surface area contributed by atoms with Crippen LogP contribution < -0.4 is 10.5 Å². The maximum Gasteiger partial charge on any atom is 0.146 e. The Balaban J connectivity index is 2.28. The van der Waals surface area contributed by atoms with E-state index in [-0.39, 0.29) is 6.61 Å². The molecule has 0 atom stereocenters. The van der Waals surface area contributed by atoms with Crippen molar-refractivity contribution in [3.05, 3.63) is 53.1 Å². The van der Waals surface area contributed by atoms with E-state index in [1.165, 1.54) is 0 Å². The number of rotatable bonds is 4. The summed E-state index contributed by atoms with van der Waals surface area (Å²) in [6.45, 7) is 0.0792. The summed E-state index contributed by atoms with van der Waals surface area (Å²) >= 11 is 6.05. The van der Waals surface area contributed by atoms with Gasteiger partial charge in [0.25, 0.3) is 0 Å². The van der Waals surface area contributed by atoms with Crippen LogP contribution in [0.1, 0.15) is 5.56 Å². The van der Waals surface area contributed by atoms with E-state index in [1.807, 2.05) is 24.3 Å². The van der Waals surface area contributed by atoms with Crippen LogP contribution in [0.25, 0.3) is 0 Å². The third-order valence-electron chi connectivity index (χ3n) is 2.53. The molecule has 0 amide bonds. The van der Waals surface area contributed by atoms with Gasteiger partial charge in [0, 0.05) is 12.3 Å². The fourth-order valence-electron chi connectivity index (χ4n) is 1.65. The number of aliphatic hydroxyl groups is 1. The average Bonchev–Trinajstić information content (AvgIpc) is 2.35. The van der Waals surface area contributed by atoms with E-state index >= 15 is 0 Å². The van der Waals surface area contributed by atoms with Gasteiger partial charge in [0.05, 0.1) is 5.02 Å². The standard InChI is InChI=1S/C14H14ClNO2/c15-12-9-11(16)5-6-14(12)18-13-4-2-1-3-10(13)7-8-17/h1-6,9,17H,7-8,16H2. The molecule has 2 rings (SSSR count). The second-order valence-electron chi connectivity index (χ2n) is 3.87. The zero-order chi connectivity index (χ0) is 13.0. The number of anilines is 1. The molecule has 0 aliphatic heterocycles. The van der Waals surface area contributed by atoms with Gasteiger partial charge in [-0.3, -0.25) is 0 Å². The van der Waals surface area contributed by atoms with E-state index in [9.17, 15) is 0 Å². The zero-order valence-electron chi connectivity index (χ0n) is 9.77. The third kappa shape index (κ3) is 2.94. The van der Waals surface area contributed by atoms with Crippen molar-refractivity contribution in [2.24, 2.45) is 0 Å². The minimum absolute atomic E-state index is 0.0792. The second kappa shape index (κ2) is 5.76. The Morgan fingerprint density at radius 2 is 1.89 bits per heavy atom. The largest absolute Gasteiger partial charge is 0.456 e. The first kappa shape index (κ1) is 12.7. The lowest BCUT2D eigenvalue weighted by Crippen LogP contribution is -1.95. The fraction of sp³-hybridized carbons (Fsp3) is 0.143. The van der Waals surface area contributed by atoms with Gasteiger partial charge in [0.1, 0.15) is 11.5 Å². The van der Waals surface area contributed by atoms with Crippen LogP contribution >= 0.6 is 11.6 Å². The molecule has 0 unspecified atom stereocenters. The molecular formula is C14H14ClNO2. The fourth-order valence-corrected chi connectivity index (χ4v) is 1.88. The molecule has 3 N–H and O–H groups in total. The van der Waals surface area contributed by atoms with Crippen molar-refractivity contribution in [3.8, 4) is 11.5 Å². The molecule has 2 aromatic rings. The van der Waals surface area contributed by atoms with Crippen LogP contribution in [0.4, 0.5) is 5.69 Å². The van der Waals surface area contributed by atoms with Crippen molar-refractivity contribution >= 4 is 17.3 Å². The predicted molar refractivity (Wildman–Crippen MR) is 73.2 cm³/mol. The Hall–Kier alpha value is -1.71. The number of benzene rings is 2. The Morgan fingerprint density at radius 1 is 1.11 bits per heavy atom. The highest BCUT2D eigenvalue weighted by Gasteiger charge is 2.07. The van der Waals surface area contributed by atoms with Crippen molar-refractivity contribution in [2.45, 2.75) is 6.42 Å². The third-order valence-corrected chi connectivity index (χ3v) is 2.82. The summed E-state index contributed by atoms with van der Waals surface area (Å²) in [5.74, 6) is 1.24. The Morgan fingerprint density at radius 3 is 2.61 bits per heavy atom. The lowest BCUT2D eigenvalue weighted by Gasteiger charge is -2.11. The summed E-state index contributed by atoms with van der Waals surface area (Å²) in [4.78, 5) is 0. The highest BCUT2D eigenvalue weighted by atomic mass is 35.5. The minimum Gasteiger partial charge on any atom is -0.456 e. The molecule has 0 fully saturated rings. The van der Waals surface area contributed by atoms with Crippen molar-refractivity contribution in [2.75, 3.05) is 12.3 Å². The van der Waals surface area contributed by atoms with Crippen LogP contribution in [0, 0.1) is 0 Å². The summed E-state index contributed by atoms with van der Waals surface area (Å²) in [7, 11) is 0. The maximum absolute atomic E-state index is 9.00. The molecule has 94 valence electrons. The van der Waals surface area contributed by atoms with Gasteiger partial charge in [-0.05, 0) is 36.2 Å². The van der Waals surface area contributed by atoms with Crippen molar-refractivity contribution < 1.29 is 9.84 Å². The number of halogens is 1.